The molecule has 0 aliphatic heterocycles. The summed E-state index contributed by atoms with van der Waals surface area (Å²) in [5.41, 5.74) is 0. The maximum absolute atomic E-state index is 10.1. The fourth-order valence-corrected chi connectivity index (χ4v) is 0.277. The standard InChI is InChI=1S/C5H9NO3/c1-3-4(2)9-5(7)6-8/h4H,3H2,1-2H3. The van der Waals surface area contributed by atoms with Gasteiger partial charge in [-0.2, -0.15) is 0 Å². The van der Waals surface area contributed by atoms with Crippen molar-refractivity contribution in [1.82, 2.24) is 0 Å². The summed E-state index contributed by atoms with van der Waals surface area (Å²) in [7, 11) is 0. The Morgan fingerprint density at radius 3 is 2.67 bits per heavy atom. The van der Waals surface area contributed by atoms with Crippen molar-refractivity contribution in [3.8, 4) is 0 Å². The zero-order valence-corrected chi connectivity index (χ0v) is 5.46. The van der Waals surface area contributed by atoms with Gasteiger partial charge in [0.15, 0.2) is 0 Å². The van der Waals surface area contributed by atoms with Gasteiger partial charge in [0.2, 0.25) is 0 Å². The Labute approximate surface area is 53.2 Å². The Bertz CT molecular complexity index is 113. The largest absolute Gasteiger partial charge is 0.470 e. The van der Waals surface area contributed by atoms with Crippen LogP contribution in [0.25, 0.3) is 0 Å². The number of amides is 1. The summed E-state index contributed by atoms with van der Waals surface area (Å²) in [5.74, 6) is 0. The maximum atomic E-state index is 10.1. The number of ether oxygens (including phenoxy) is 1. The summed E-state index contributed by atoms with van der Waals surface area (Å²) in [6, 6.07) is 0. The lowest BCUT2D eigenvalue weighted by Gasteiger charge is -2.04. The molecule has 0 saturated carbocycles. The van der Waals surface area contributed by atoms with Gasteiger partial charge in [0, 0.05) is 0 Å². The fourth-order valence-electron chi connectivity index (χ4n) is 0.277. The topological polar surface area (TPSA) is 55.7 Å². The quantitative estimate of drug-likeness (QED) is 0.536. The van der Waals surface area contributed by atoms with E-state index in [2.05, 4.69) is 9.91 Å². The Kier molecular flexibility index (Phi) is 3.59. The second-order valence-electron chi connectivity index (χ2n) is 1.69. The van der Waals surface area contributed by atoms with E-state index in [0.29, 0.717) is 6.42 Å². The van der Waals surface area contributed by atoms with Crippen molar-refractivity contribution in [1.29, 1.82) is 0 Å². The molecule has 9 heavy (non-hydrogen) atoms. The average molecular weight is 131 g/mol. The number of carbonyl (C=O) groups excluding carboxylic acids is 1. The molecule has 1 atom stereocenters. The van der Waals surface area contributed by atoms with Gasteiger partial charge in [0.25, 0.3) is 0 Å². The van der Waals surface area contributed by atoms with E-state index >= 15 is 0 Å². The lowest BCUT2D eigenvalue weighted by molar-refractivity contribution is 0.114. The van der Waals surface area contributed by atoms with E-state index in [9.17, 15) is 9.70 Å². The molecule has 52 valence electrons. The highest BCUT2D eigenvalue weighted by molar-refractivity contribution is 5.67. The van der Waals surface area contributed by atoms with Crippen LogP contribution in [-0.2, 0) is 4.74 Å². The van der Waals surface area contributed by atoms with Gasteiger partial charge in [0.1, 0.15) is 6.10 Å². The molecule has 0 aromatic heterocycles. The minimum atomic E-state index is -1.04. The summed E-state index contributed by atoms with van der Waals surface area (Å²) in [6.45, 7) is 3.55. The fraction of sp³-hybridized carbons (Fsp3) is 0.800. The molecule has 0 spiro atoms. The minimum Gasteiger partial charge on any atom is -0.443 e. The third kappa shape index (κ3) is 3.64. The number of carbonyl (C=O) groups is 1. The van der Waals surface area contributed by atoms with E-state index in [1.165, 1.54) is 0 Å². The first-order valence-corrected chi connectivity index (χ1v) is 2.74. The van der Waals surface area contributed by atoms with Crippen molar-refractivity contribution in [2.45, 2.75) is 26.4 Å². The molecule has 0 radical (unpaired) electrons. The molecule has 0 rings (SSSR count). The van der Waals surface area contributed by atoms with Gasteiger partial charge in [-0.3, -0.25) is 0 Å². The normalized spacial score (nSPS) is 12.2. The van der Waals surface area contributed by atoms with Crippen molar-refractivity contribution in [2.75, 3.05) is 0 Å². The van der Waals surface area contributed by atoms with E-state index in [1.54, 1.807) is 6.92 Å². The third-order valence-corrected chi connectivity index (χ3v) is 0.951. The van der Waals surface area contributed by atoms with E-state index in [0.717, 1.165) is 0 Å². The number of rotatable bonds is 2. The van der Waals surface area contributed by atoms with Crippen LogP contribution in [0.2, 0.25) is 0 Å². The average Bonchev–Trinajstić information content (AvgIpc) is 1.87. The lowest BCUT2D eigenvalue weighted by Crippen LogP contribution is -2.09. The molecule has 0 bridgehead atoms. The van der Waals surface area contributed by atoms with Crippen LogP contribution in [-0.4, -0.2) is 12.2 Å². The Hall–Kier alpha value is -0.930. The van der Waals surface area contributed by atoms with Gasteiger partial charge < -0.3 is 4.74 Å². The molecule has 0 aromatic carbocycles. The molecular formula is C5H9NO3. The van der Waals surface area contributed by atoms with Crippen LogP contribution in [0.1, 0.15) is 20.3 Å². The summed E-state index contributed by atoms with van der Waals surface area (Å²) in [4.78, 5) is 19.5. The predicted molar refractivity (Wildman–Crippen MR) is 32.0 cm³/mol. The van der Waals surface area contributed by atoms with Crippen LogP contribution >= 0.6 is 0 Å². The van der Waals surface area contributed by atoms with Crippen molar-refractivity contribution in [2.24, 2.45) is 5.18 Å². The zero-order valence-electron chi connectivity index (χ0n) is 5.46. The number of nitroso groups, excluding NO2 is 1. The molecule has 0 aliphatic rings. The highest BCUT2D eigenvalue weighted by Gasteiger charge is 2.05. The van der Waals surface area contributed by atoms with Crippen LogP contribution in [0.5, 0.6) is 0 Å². The minimum absolute atomic E-state index is 0.213. The second-order valence-corrected chi connectivity index (χ2v) is 1.69. The summed E-state index contributed by atoms with van der Waals surface area (Å²) >= 11 is 0. The van der Waals surface area contributed by atoms with Crippen molar-refractivity contribution < 1.29 is 9.53 Å². The van der Waals surface area contributed by atoms with Crippen LogP contribution < -0.4 is 0 Å². The maximum Gasteiger partial charge on any atom is 0.470 e. The molecule has 4 heteroatoms. The smallest absolute Gasteiger partial charge is 0.443 e. The van der Waals surface area contributed by atoms with E-state index < -0.39 is 6.09 Å². The van der Waals surface area contributed by atoms with Crippen LogP contribution in [0, 0.1) is 4.91 Å². The van der Waals surface area contributed by atoms with Crippen LogP contribution in [0.4, 0.5) is 4.79 Å². The molecule has 0 saturated heterocycles. The molecule has 1 unspecified atom stereocenters. The molecule has 0 fully saturated rings. The van der Waals surface area contributed by atoms with E-state index in [4.69, 9.17) is 0 Å². The van der Waals surface area contributed by atoms with E-state index in [1.807, 2.05) is 6.92 Å². The predicted octanol–water partition coefficient (Wildman–Crippen LogP) is 1.69. The first-order valence-electron chi connectivity index (χ1n) is 2.74. The monoisotopic (exact) mass is 131 g/mol. The summed E-state index contributed by atoms with van der Waals surface area (Å²) in [5, 5.41) is 2.07. The highest BCUT2D eigenvalue weighted by Crippen LogP contribution is 1.96. The van der Waals surface area contributed by atoms with Gasteiger partial charge in [0.05, 0.1) is 5.18 Å². The van der Waals surface area contributed by atoms with Crippen molar-refractivity contribution in [3.63, 3.8) is 0 Å². The molecule has 0 N–H and O–H groups in total. The SMILES string of the molecule is CCC(C)OC(=O)N=O. The van der Waals surface area contributed by atoms with Gasteiger partial charge in [-0.05, 0) is 13.3 Å². The van der Waals surface area contributed by atoms with Crippen molar-refractivity contribution >= 4 is 6.09 Å². The van der Waals surface area contributed by atoms with Gasteiger partial charge in [-0.1, -0.05) is 6.92 Å². The Balaban J connectivity index is 3.46. The molecule has 1 amide bonds. The van der Waals surface area contributed by atoms with Crippen molar-refractivity contribution in [3.05, 3.63) is 4.91 Å². The molecule has 0 heterocycles. The Morgan fingerprint density at radius 2 is 2.33 bits per heavy atom. The molecule has 4 nitrogen and oxygen atoms in total. The van der Waals surface area contributed by atoms with Crippen LogP contribution in [0.15, 0.2) is 5.18 Å². The molecule has 0 aromatic rings. The van der Waals surface area contributed by atoms with Gasteiger partial charge >= 0.3 is 6.09 Å². The highest BCUT2D eigenvalue weighted by atomic mass is 16.6. The van der Waals surface area contributed by atoms with Gasteiger partial charge in [-0.25, -0.2) is 4.79 Å². The first kappa shape index (κ1) is 8.07. The number of hydrogen-bond acceptors (Lipinski definition) is 3. The number of hydrogen-bond donors (Lipinski definition) is 0. The second kappa shape index (κ2) is 4.00. The zero-order chi connectivity index (χ0) is 7.28. The first-order chi connectivity index (χ1) is 4.20. The van der Waals surface area contributed by atoms with Crippen LogP contribution in [0.3, 0.4) is 0 Å². The third-order valence-electron chi connectivity index (χ3n) is 0.951. The number of nitrogens with zero attached hydrogens (tertiary/aromatic N) is 1. The Morgan fingerprint density at radius 1 is 1.78 bits per heavy atom. The van der Waals surface area contributed by atoms with E-state index in [-0.39, 0.29) is 6.10 Å². The summed E-state index contributed by atoms with van der Waals surface area (Å²) in [6.07, 6.45) is -0.555. The summed E-state index contributed by atoms with van der Waals surface area (Å²) < 4.78 is 4.43. The van der Waals surface area contributed by atoms with Gasteiger partial charge in [-0.15, -0.1) is 4.91 Å². The molecular weight excluding hydrogens is 122 g/mol. The lowest BCUT2D eigenvalue weighted by atomic mass is 10.3. The molecule has 0 aliphatic carbocycles.